The highest BCUT2D eigenvalue weighted by Gasteiger charge is 2.56. The predicted octanol–water partition coefficient (Wildman–Crippen LogP) is 4.07. The average molecular weight is 470 g/mol. The Bertz CT molecular complexity index is 1030. The first kappa shape index (κ1) is 22.7. The number of hydrogen-bond acceptors (Lipinski definition) is 6. The number of rotatable bonds is 4. The van der Waals surface area contributed by atoms with Crippen LogP contribution in [0.2, 0.25) is 0 Å². The highest BCUT2D eigenvalue weighted by Crippen LogP contribution is 2.46. The molecule has 3 unspecified atom stereocenters. The van der Waals surface area contributed by atoms with E-state index in [2.05, 4.69) is 61.0 Å². The van der Waals surface area contributed by atoms with Gasteiger partial charge in [0.05, 0.1) is 22.9 Å². The van der Waals surface area contributed by atoms with Gasteiger partial charge in [-0.2, -0.15) is 0 Å². The van der Waals surface area contributed by atoms with Gasteiger partial charge in [-0.1, -0.05) is 32.9 Å². The molecule has 5 rings (SSSR count). The Balaban J connectivity index is 1.20. The Morgan fingerprint density at radius 3 is 2.58 bits per heavy atom. The van der Waals surface area contributed by atoms with Crippen LogP contribution in [0.15, 0.2) is 24.3 Å². The van der Waals surface area contributed by atoms with E-state index < -0.39 is 5.54 Å². The maximum Gasteiger partial charge on any atom is 0.326 e. The first-order chi connectivity index (χ1) is 15.7. The number of nitrogens with zero attached hydrogens (tertiary/aromatic N) is 4. The molecule has 0 radical (unpaired) electrons. The van der Waals surface area contributed by atoms with Crippen LogP contribution in [0.5, 0.6) is 0 Å². The van der Waals surface area contributed by atoms with E-state index in [1.807, 2.05) is 6.07 Å². The van der Waals surface area contributed by atoms with E-state index in [9.17, 15) is 9.59 Å². The Morgan fingerprint density at radius 2 is 1.88 bits per heavy atom. The zero-order valence-corrected chi connectivity index (χ0v) is 21.0. The summed E-state index contributed by atoms with van der Waals surface area (Å²) in [5, 5.41) is 4.25. The lowest BCUT2D eigenvalue weighted by Gasteiger charge is -2.44. The first-order valence-corrected chi connectivity index (χ1v) is 12.9. The minimum absolute atomic E-state index is 0.0302. The average Bonchev–Trinajstić information content (AvgIpc) is 3.27. The number of aromatic nitrogens is 1. The number of benzene rings is 1. The second-order valence-corrected chi connectivity index (χ2v) is 12.2. The quantitative estimate of drug-likeness (QED) is 0.684. The normalized spacial score (nSPS) is 29.7. The van der Waals surface area contributed by atoms with E-state index >= 15 is 0 Å². The topological polar surface area (TPSA) is 68.8 Å². The summed E-state index contributed by atoms with van der Waals surface area (Å²) in [5.74, 6) is 0.392. The number of urea groups is 1. The number of amides is 3. The standard InChI is InChI=1S/C25H35N5O2S/c1-17-13-24(3,4)15-25(14-17)22(31)30(23(32)27-25)16-28-9-11-29(12-10-28)18(2)21-26-19-7-5-6-8-20(19)33-21/h5-8,17-18H,9-16H2,1-4H3,(H,27,32). The molecule has 2 aliphatic heterocycles. The Kier molecular flexibility index (Phi) is 5.74. The molecular formula is C25H35N5O2S. The highest BCUT2D eigenvalue weighted by molar-refractivity contribution is 7.18. The number of para-hydroxylation sites is 1. The highest BCUT2D eigenvalue weighted by atomic mass is 32.1. The minimum Gasteiger partial charge on any atom is -0.323 e. The van der Waals surface area contributed by atoms with Crippen molar-refractivity contribution in [2.45, 2.75) is 58.5 Å². The lowest BCUT2D eigenvalue weighted by Crippen LogP contribution is -2.55. The molecule has 3 amide bonds. The monoisotopic (exact) mass is 469 g/mol. The van der Waals surface area contributed by atoms with E-state index in [1.54, 1.807) is 11.3 Å². The molecule has 3 fully saturated rings. The van der Waals surface area contributed by atoms with E-state index in [0.29, 0.717) is 12.6 Å². The maximum absolute atomic E-state index is 13.4. The van der Waals surface area contributed by atoms with Gasteiger partial charge in [-0.15, -0.1) is 11.3 Å². The molecule has 0 bridgehead atoms. The number of fused-ring (bicyclic) bond motifs is 1. The SMILES string of the molecule is CC1CC(C)(C)CC2(C1)NC(=O)N(CN1CCN(C(C)c3nc4ccccc4s3)CC1)C2=O. The predicted molar refractivity (Wildman–Crippen MR) is 131 cm³/mol. The van der Waals surface area contributed by atoms with Gasteiger partial charge >= 0.3 is 6.03 Å². The van der Waals surface area contributed by atoms with Crippen LogP contribution in [0.25, 0.3) is 10.2 Å². The molecule has 2 saturated heterocycles. The van der Waals surface area contributed by atoms with Gasteiger partial charge in [0.2, 0.25) is 0 Å². The molecule has 3 aliphatic rings. The van der Waals surface area contributed by atoms with Crippen molar-refractivity contribution in [3.8, 4) is 0 Å². The summed E-state index contributed by atoms with van der Waals surface area (Å²) in [6.07, 6.45) is 2.55. The third kappa shape index (κ3) is 4.29. The summed E-state index contributed by atoms with van der Waals surface area (Å²) >= 11 is 1.77. The van der Waals surface area contributed by atoms with Crippen molar-refractivity contribution in [3.05, 3.63) is 29.3 Å². The number of carbonyl (C=O) groups is 2. The zero-order chi connectivity index (χ0) is 23.4. The van der Waals surface area contributed by atoms with E-state index in [0.717, 1.165) is 56.0 Å². The summed E-state index contributed by atoms with van der Waals surface area (Å²) in [6.45, 7) is 12.7. The summed E-state index contributed by atoms with van der Waals surface area (Å²) < 4.78 is 1.23. The molecule has 33 heavy (non-hydrogen) atoms. The van der Waals surface area contributed by atoms with Gasteiger partial charge in [-0.3, -0.25) is 14.6 Å². The molecule has 1 N–H and O–H groups in total. The Labute approximate surface area is 200 Å². The fourth-order valence-electron chi connectivity index (χ4n) is 6.35. The Morgan fingerprint density at radius 1 is 1.15 bits per heavy atom. The molecule has 3 atom stereocenters. The van der Waals surface area contributed by atoms with Gasteiger partial charge < -0.3 is 5.32 Å². The van der Waals surface area contributed by atoms with Crippen molar-refractivity contribution in [1.29, 1.82) is 0 Å². The van der Waals surface area contributed by atoms with Crippen LogP contribution in [0.3, 0.4) is 0 Å². The fraction of sp³-hybridized carbons (Fsp3) is 0.640. The molecule has 178 valence electrons. The summed E-state index contributed by atoms with van der Waals surface area (Å²) in [4.78, 5) is 37.3. The van der Waals surface area contributed by atoms with Crippen LogP contribution in [-0.4, -0.2) is 70.0 Å². The molecule has 1 aromatic heterocycles. The van der Waals surface area contributed by atoms with E-state index in [-0.39, 0.29) is 23.4 Å². The summed E-state index contributed by atoms with van der Waals surface area (Å²) in [6, 6.07) is 8.32. The second-order valence-electron chi connectivity index (χ2n) is 11.1. The molecule has 3 heterocycles. The molecule has 1 aliphatic carbocycles. The number of thiazole rings is 1. The summed E-state index contributed by atoms with van der Waals surface area (Å²) in [5.41, 5.74) is 0.399. The van der Waals surface area contributed by atoms with Crippen molar-refractivity contribution in [3.63, 3.8) is 0 Å². The number of nitrogens with one attached hydrogen (secondary N) is 1. The third-order valence-corrected chi connectivity index (χ3v) is 8.79. The lowest BCUT2D eigenvalue weighted by atomic mass is 9.64. The molecule has 8 heteroatoms. The third-order valence-electron chi connectivity index (χ3n) is 7.59. The number of hydrogen-bond donors (Lipinski definition) is 1. The molecule has 1 aromatic carbocycles. The summed E-state index contributed by atoms with van der Waals surface area (Å²) in [7, 11) is 0. The van der Waals surface area contributed by atoms with Gasteiger partial charge in [0.15, 0.2) is 0 Å². The van der Waals surface area contributed by atoms with Crippen LogP contribution in [-0.2, 0) is 4.79 Å². The van der Waals surface area contributed by atoms with Crippen molar-refractivity contribution < 1.29 is 9.59 Å². The van der Waals surface area contributed by atoms with Gasteiger partial charge in [-0.25, -0.2) is 14.7 Å². The van der Waals surface area contributed by atoms with Crippen LogP contribution >= 0.6 is 11.3 Å². The van der Waals surface area contributed by atoms with E-state index in [4.69, 9.17) is 4.98 Å². The number of carbonyl (C=O) groups excluding carboxylic acids is 2. The van der Waals surface area contributed by atoms with Crippen LogP contribution < -0.4 is 5.32 Å². The molecule has 2 aromatic rings. The fourth-order valence-corrected chi connectivity index (χ4v) is 7.41. The first-order valence-electron chi connectivity index (χ1n) is 12.1. The largest absolute Gasteiger partial charge is 0.326 e. The van der Waals surface area contributed by atoms with Crippen LogP contribution in [0, 0.1) is 11.3 Å². The Hall–Kier alpha value is -2.03. The molecule has 1 saturated carbocycles. The van der Waals surface area contributed by atoms with Crippen molar-refractivity contribution in [1.82, 2.24) is 25.0 Å². The minimum atomic E-state index is -0.721. The zero-order valence-electron chi connectivity index (χ0n) is 20.1. The van der Waals surface area contributed by atoms with Crippen LogP contribution in [0.1, 0.15) is 58.0 Å². The lowest BCUT2D eigenvalue weighted by molar-refractivity contribution is -0.136. The van der Waals surface area contributed by atoms with Gasteiger partial charge in [0.1, 0.15) is 10.5 Å². The van der Waals surface area contributed by atoms with Gasteiger partial charge in [-0.05, 0) is 49.7 Å². The van der Waals surface area contributed by atoms with Crippen LogP contribution in [0.4, 0.5) is 4.79 Å². The van der Waals surface area contributed by atoms with Crippen molar-refractivity contribution in [2.75, 3.05) is 32.8 Å². The van der Waals surface area contributed by atoms with Gasteiger partial charge in [0.25, 0.3) is 5.91 Å². The smallest absolute Gasteiger partial charge is 0.323 e. The van der Waals surface area contributed by atoms with Gasteiger partial charge in [0, 0.05) is 26.2 Å². The van der Waals surface area contributed by atoms with Crippen molar-refractivity contribution >= 4 is 33.5 Å². The maximum atomic E-state index is 13.4. The number of piperazine rings is 1. The molecular weight excluding hydrogens is 434 g/mol. The van der Waals surface area contributed by atoms with Crippen molar-refractivity contribution in [2.24, 2.45) is 11.3 Å². The molecule has 1 spiro atoms. The van der Waals surface area contributed by atoms with E-state index in [1.165, 1.54) is 9.60 Å². The molecule has 7 nitrogen and oxygen atoms in total. The number of imide groups is 1. The second kappa shape index (κ2) is 8.32.